The molecule has 1 atom stereocenters. The second kappa shape index (κ2) is 4.37. The van der Waals surface area contributed by atoms with E-state index in [0.29, 0.717) is 4.47 Å². The average molecular weight is 328 g/mol. The van der Waals surface area contributed by atoms with Crippen molar-refractivity contribution in [1.29, 1.82) is 0 Å². The molecule has 0 saturated carbocycles. The Bertz CT molecular complexity index is 381. The van der Waals surface area contributed by atoms with Gasteiger partial charge in [0.05, 0.1) is 4.47 Å². The Labute approximate surface area is 95.8 Å². The van der Waals surface area contributed by atoms with Crippen molar-refractivity contribution in [1.82, 2.24) is 0 Å². The van der Waals surface area contributed by atoms with Gasteiger partial charge in [0.15, 0.2) is 6.10 Å². The predicted octanol–water partition coefficient (Wildman–Crippen LogP) is 2.47. The van der Waals surface area contributed by atoms with Crippen LogP contribution in [0.4, 0.5) is 4.39 Å². The number of benzene rings is 1. The molecule has 6 heteroatoms. The van der Waals surface area contributed by atoms with E-state index in [2.05, 4.69) is 31.9 Å². The highest BCUT2D eigenvalue weighted by molar-refractivity contribution is 9.11. The Kier molecular flexibility index (Phi) is 3.63. The molecule has 0 saturated heterocycles. The van der Waals surface area contributed by atoms with Crippen LogP contribution in [-0.4, -0.2) is 16.2 Å². The van der Waals surface area contributed by atoms with Crippen LogP contribution in [0.1, 0.15) is 11.7 Å². The molecule has 1 aromatic carbocycles. The predicted molar refractivity (Wildman–Crippen MR) is 54.4 cm³/mol. The largest absolute Gasteiger partial charge is 0.479 e. The van der Waals surface area contributed by atoms with Gasteiger partial charge in [0.25, 0.3) is 0 Å². The number of carboxylic acid groups (broad SMARTS) is 1. The van der Waals surface area contributed by atoms with E-state index in [-0.39, 0.29) is 10.0 Å². The minimum Gasteiger partial charge on any atom is -0.479 e. The van der Waals surface area contributed by atoms with Crippen molar-refractivity contribution in [2.24, 2.45) is 0 Å². The van der Waals surface area contributed by atoms with E-state index in [1.54, 1.807) is 0 Å². The highest BCUT2D eigenvalue weighted by atomic mass is 79.9. The van der Waals surface area contributed by atoms with Gasteiger partial charge in [-0.15, -0.1) is 0 Å². The Hall–Kier alpha value is -0.460. The Morgan fingerprint density at radius 2 is 2.00 bits per heavy atom. The quantitative estimate of drug-likeness (QED) is 0.820. The van der Waals surface area contributed by atoms with Gasteiger partial charge in [-0.3, -0.25) is 0 Å². The molecule has 0 fully saturated rings. The number of rotatable bonds is 2. The zero-order chi connectivity index (χ0) is 10.9. The van der Waals surface area contributed by atoms with E-state index >= 15 is 0 Å². The zero-order valence-electron chi connectivity index (χ0n) is 6.67. The standard InChI is InChI=1S/C8H5Br2FO3/c9-3-1-4(7(12)8(13)14)6(10)5(11)2-3/h1-2,7,12H,(H,13,14). The van der Waals surface area contributed by atoms with Gasteiger partial charge in [-0.05, 0) is 28.1 Å². The SMILES string of the molecule is O=C(O)C(O)c1cc(Br)cc(F)c1Br. The average Bonchev–Trinajstić information content (AvgIpc) is 2.09. The van der Waals surface area contributed by atoms with E-state index in [1.807, 2.05) is 0 Å². The van der Waals surface area contributed by atoms with Crippen molar-refractivity contribution in [3.05, 3.63) is 32.5 Å². The van der Waals surface area contributed by atoms with E-state index in [9.17, 15) is 14.3 Å². The summed E-state index contributed by atoms with van der Waals surface area (Å²) in [6.45, 7) is 0. The lowest BCUT2D eigenvalue weighted by Gasteiger charge is -2.09. The summed E-state index contributed by atoms with van der Waals surface area (Å²) in [7, 11) is 0. The number of hydrogen-bond acceptors (Lipinski definition) is 2. The molecule has 76 valence electrons. The summed E-state index contributed by atoms with van der Waals surface area (Å²) in [6, 6.07) is 2.51. The summed E-state index contributed by atoms with van der Waals surface area (Å²) in [5.74, 6) is -2.06. The molecule has 0 amide bonds. The van der Waals surface area contributed by atoms with Gasteiger partial charge < -0.3 is 10.2 Å². The number of halogens is 3. The molecule has 1 unspecified atom stereocenters. The molecule has 0 spiro atoms. The summed E-state index contributed by atoms with van der Waals surface area (Å²) in [5.41, 5.74) is -0.0237. The third-order valence-corrected chi connectivity index (χ3v) is 2.84. The first-order valence-electron chi connectivity index (χ1n) is 3.48. The smallest absolute Gasteiger partial charge is 0.337 e. The summed E-state index contributed by atoms with van der Waals surface area (Å²) in [6.07, 6.45) is -1.74. The molecule has 0 aromatic heterocycles. The molecule has 14 heavy (non-hydrogen) atoms. The van der Waals surface area contributed by atoms with Gasteiger partial charge in [-0.2, -0.15) is 0 Å². The summed E-state index contributed by atoms with van der Waals surface area (Å²) in [4.78, 5) is 10.5. The Morgan fingerprint density at radius 3 is 2.50 bits per heavy atom. The number of carbonyl (C=O) groups is 1. The second-order valence-corrected chi connectivity index (χ2v) is 4.24. The molecule has 0 heterocycles. The van der Waals surface area contributed by atoms with Gasteiger partial charge >= 0.3 is 5.97 Å². The van der Waals surface area contributed by atoms with E-state index in [4.69, 9.17) is 5.11 Å². The summed E-state index contributed by atoms with van der Waals surface area (Å²) < 4.78 is 13.4. The monoisotopic (exact) mass is 326 g/mol. The van der Waals surface area contributed by atoms with Gasteiger partial charge in [0, 0.05) is 10.0 Å². The van der Waals surface area contributed by atoms with Crippen LogP contribution >= 0.6 is 31.9 Å². The van der Waals surface area contributed by atoms with E-state index in [1.165, 1.54) is 12.1 Å². The number of aliphatic hydroxyl groups excluding tert-OH is 1. The maximum absolute atomic E-state index is 13.1. The van der Waals surface area contributed by atoms with E-state index in [0.717, 1.165) is 0 Å². The fourth-order valence-electron chi connectivity index (χ4n) is 0.908. The highest BCUT2D eigenvalue weighted by Gasteiger charge is 2.21. The number of carboxylic acids is 1. The fraction of sp³-hybridized carbons (Fsp3) is 0.125. The first-order chi connectivity index (χ1) is 6.43. The molecule has 2 N–H and O–H groups in total. The maximum Gasteiger partial charge on any atom is 0.337 e. The topological polar surface area (TPSA) is 57.5 Å². The van der Waals surface area contributed by atoms with Crippen molar-refractivity contribution in [2.75, 3.05) is 0 Å². The normalized spacial score (nSPS) is 12.6. The zero-order valence-corrected chi connectivity index (χ0v) is 9.84. The van der Waals surface area contributed by atoms with Crippen molar-refractivity contribution in [3.63, 3.8) is 0 Å². The van der Waals surface area contributed by atoms with Crippen molar-refractivity contribution >= 4 is 37.8 Å². The van der Waals surface area contributed by atoms with Crippen LogP contribution in [0.5, 0.6) is 0 Å². The number of aliphatic carboxylic acids is 1. The lowest BCUT2D eigenvalue weighted by Crippen LogP contribution is -2.11. The molecule has 0 radical (unpaired) electrons. The lowest BCUT2D eigenvalue weighted by atomic mass is 10.1. The molecule has 1 aromatic rings. The molecule has 0 bridgehead atoms. The maximum atomic E-state index is 13.1. The van der Waals surface area contributed by atoms with Crippen molar-refractivity contribution in [2.45, 2.75) is 6.10 Å². The molecular formula is C8H5Br2FO3. The number of hydrogen-bond donors (Lipinski definition) is 2. The van der Waals surface area contributed by atoms with Crippen LogP contribution in [0.15, 0.2) is 21.1 Å². The third kappa shape index (κ3) is 2.31. The summed E-state index contributed by atoms with van der Waals surface area (Å²) >= 11 is 5.86. The van der Waals surface area contributed by atoms with Crippen LogP contribution in [0.2, 0.25) is 0 Å². The van der Waals surface area contributed by atoms with Crippen molar-refractivity contribution in [3.8, 4) is 0 Å². The molecular weight excluding hydrogens is 323 g/mol. The van der Waals surface area contributed by atoms with Gasteiger partial charge in [-0.1, -0.05) is 15.9 Å². The van der Waals surface area contributed by atoms with Crippen LogP contribution in [0.3, 0.4) is 0 Å². The van der Waals surface area contributed by atoms with Crippen LogP contribution < -0.4 is 0 Å². The van der Waals surface area contributed by atoms with Crippen LogP contribution in [0, 0.1) is 5.82 Å². The van der Waals surface area contributed by atoms with E-state index < -0.39 is 17.9 Å². The van der Waals surface area contributed by atoms with Gasteiger partial charge in [-0.25, -0.2) is 9.18 Å². The minimum atomic E-state index is -1.74. The Balaban J connectivity index is 3.26. The third-order valence-electron chi connectivity index (χ3n) is 1.55. The van der Waals surface area contributed by atoms with Crippen LogP contribution in [-0.2, 0) is 4.79 Å². The lowest BCUT2D eigenvalue weighted by molar-refractivity contribution is -0.147. The first kappa shape index (κ1) is 11.6. The fourth-order valence-corrected chi connectivity index (χ4v) is 1.80. The minimum absolute atomic E-state index is 0.0237. The molecule has 0 aliphatic carbocycles. The second-order valence-electron chi connectivity index (χ2n) is 2.53. The Morgan fingerprint density at radius 1 is 1.43 bits per heavy atom. The number of aliphatic hydroxyl groups is 1. The van der Waals surface area contributed by atoms with Crippen molar-refractivity contribution < 1.29 is 19.4 Å². The first-order valence-corrected chi connectivity index (χ1v) is 5.07. The molecule has 3 nitrogen and oxygen atoms in total. The molecule has 0 aliphatic rings. The van der Waals surface area contributed by atoms with Crippen LogP contribution in [0.25, 0.3) is 0 Å². The highest BCUT2D eigenvalue weighted by Crippen LogP contribution is 2.29. The van der Waals surface area contributed by atoms with Gasteiger partial charge in [0.2, 0.25) is 0 Å². The molecule has 1 rings (SSSR count). The van der Waals surface area contributed by atoms with Gasteiger partial charge in [0.1, 0.15) is 5.82 Å². The summed E-state index contributed by atoms with van der Waals surface area (Å²) in [5, 5.41) is 17.7. The molecule has 0 aliphatic heterocycles.